The highest BCUT2D eigenvalue weighted by Gasteiger charge is 2.38. The van der Waals surface area contributed by atoms with E-state index in [0.717, 1.165) is 17.7 Å². The first-order chi connectivity index (χ1) is 16.3. The molecular formula is C26H25F2NO4S. The van der Waals surface area contributed by atoms with Crippen molar-refractivity contribution in [2.75, 3.05) is 6.54 Å². The lowest BCUT2D eigenvalue weighted by molar-refractivity contribution is -0.122. The van der Waals surface area contributed by atoms with Crippen LogP contribution in [0, 0.1) is 11.6 Å². The topological polar surface area (TPSA) is 63.7 Å². The minimum Gasteiger partial charge on any atom is -0.489 e. The number of hydrogen-bond donors (Lipinski definition) is 0. The molecule has 0 bridgehead atoms. The number of ether oxygens (including phenoxy) is 1. The van der Waals surface area contributed by atoms with E-state index in [1.54, 1.807) is 36.4 Å². The quantitative estimate of drug-likeness (QED) is 0.433. The molecule has 1 aliphatic rings. The van der Waals surface area contributed by atoms with Crippen molar-refractivity contribution in [3.63, 3.8) is 0 Å². The van der Waals surface area contributed by atoms with Crippen LogP contribution in [0.2, 0.25) is 0 Å². The molecule has 0 amide bonds. The molecule has 1 saturated heterocycles. The van der Waals surface area contributed by atoms with E-state index in [1.165, 1.54) is 22.5 Å². The molecule has 34 heavy (non-hydrogen) atoms. The summed E-state index contributed by atoms with van der Waals surface area (Å²) in [5.41, 5.74) is 1.32. The Kier molecular flexibility index (Phi) is 7.38. The highest BCUT2D eigenvalue weighted by Crippen LogP contribution is 2.28. The monoisotopic (exact) mass is 485 g/mol. The van der Waals surface area contributed by atoms with E-state index in [4.69, 9.17) is 4.74 Å². The zero-order valence-electron chi connectivity index (χ0n) is 18.5. The molecule has 3 aromatic carbocycles. The van der Waals surface area contributed by atoms with Crippen molar-refractivity contribution in [2.45, 2.75) is 43.2 Å². The van der Waals surface area contributed by atoms with Crippen LogP contribution < -0.4 is 4.74 Å². The van der Waals surface area contributed by atoms with Crippen LogP contribution in [0.5, 0.6) is 5.75 Å². The molecule has 1 heterocycles. The van der Waals surface area contributed by atoms with Crippen molar-refractivity contribution < 1.29 is 26.7 Å². The third-order valence-corrected chi connectivity index (χ3v) is 7.83. The molecule has 178 valence electrons. The third kappa shape index (κ3) is 5.51. The zero-order chi connectivity index (χ0) is 24.1. The van der Waals surface area contributed by atoms with E-state index in [-0.39, 0.29) is 36.1 Å². The number of Topliss-reactive ketones (excluding diaryl/α,β-unsaturated/α-hetero) is 1. The molecular weight excluding hydrogens is 460 g/mol. The van der Waals surface area contributed by atoms with E-state index in [0.29, 0.717) is 30.6 Å². The zero-order valence-corrected chi connectivity index (χ0v) is 19.3. The summed E-state index contributed by atoms with van der Waals surface area (Å²) in [4.78, 5) is 12.9. The van der Waals surface area contributed by atoms with Crippen molar-refractivity contribution in [3.05, 3.63) is 95.6 Å². The van der Waals surface area contributed by atoms with Gasteiger partial charge in [0.15, 0.2) is 5.78 Å². The van der Waals surface area contributed by atoms with Crippen LogP contribution in [0.1, 0.15) is 30.4 Å². The summed E-state index contributed by atoms with van der Waals surface area (Å²) in [7, 11) is -3.88. The van der Waals surface area contributed by atoms with Gasteiger partial charge in [-0.2, -0.15) is 4.31 Å². The van der Waals surface area contributed by atoms with Crippen molar-refractivity contribution in [1.82, 2.24) is 4.31 Å². The van der Waals surface area contributed by atoms with Crippen molar-refractivity contribution in [3.8, 4) is 5.75 Å². The maximum atomic E-state index is 13.8. The number of halogens is 2. The summed E-state index contributed by atoms with van der Waals surface area (Å²) < 4.78 is 59.9. The van der Waals surface area contributed by atoms with Gasteiger partial charge in [0.05, 0.1) is 10.9 Å². The van der Waals surface area contributed by atoms with Crippen LogP contribution in [0.15, 0.2) is 77.7 Å². The first-order valence-electron chi connectivity index (χ1n) is 11.1. The smallest absolute Gasteiger partial charge is 0.243 e. The van der Waals surface area contributed by atoms with Crippen LogP contribution in [0.3, 0.4) is 0 Å². The number of nitrogens with zero attached hydrogens (tertiary/aromatic N) is 1. The number of aryl methyl sites for hydroxylation is 1. The second-order valence-electron chi connectivity index (χ2n) is 8.22. The molecule has 0 saturated carbocycles. The first-order valence-corrected chi connectivity index (χ1v) is 12.5. The number of carbonyl (C=O) groups excluding carboxylic acids is 1. The Labute approximate surface area is 198 Å². The average Bonchev–Trinajstić information content (AvgIpc) is 3.34. The number of ketones is 1. The molecule has 1 fully saturated rings. The highest BCUT2D eigenvalue weighted by atomic mass is 32.2. The molecule has 8 heteroatoms. The molecule has 0 N–H and O–H groups in total. The van der Waals surface area contributed by atoms with Gasteiger partial charge in [0.25, 0.3) is 0 Å². The van der Waals surface area contributed by atoms with Crippen LogP contribution in [-0.2, 0) is 27.8 Å². The fourth-order valence-corrected chi connectivity index (χ4v) is 5.77. The second kappa shape index (κ2) is 10.4. The van der Waals surface area contributed by atoms with Gasteiger partial charge in [-0.3, -0.25) is 4.79 Å². The van der Waals surface area contributed by atoms with Crippen LogP contribution in [0.25, 0.3) is 0 Å². The standard InChI is InChI=1S/C26H25F2NO4S/c27-21-11-13-23(14-12-21)34(31,32)29-16-4-9-25(29)26(30)15-10-19-5-3-7-22(17-19)33-18-20-6-1-2-8-24(20)28/h1-3,5-8,11-14,17,25H,4,9-10,15-16,18H2/t25-/m0/s1. The molecule has 0 aliphatic carbocycles. The Morgan fingerprint density at radius 3 is 2.53 bits per heavy atom. The largest absolute Gasteiger partial charge is 0.489 e. The van der Waals surface area contributed by atoms with E-state index in [2.05, 4.69) is 0 Å². The SMILES string of the molecule is O=C(CCc1cccc(OCc2ccccc2F)c1)[C@@H]1CCCN1S(=O)(=O)c1ccc(F)cc1. The summed E-state index contributed by atoms with van der Waals surface area (Å²) in [5.74, 6) is -0.440. The highest BCUT2D eigenvalue weighted by molar-refractivity contribution is 7.89. The van der Waals surface area contributed by atoms with E-state index >= 15 is 0 Å². The summed E-state index contributed by atoms with van der Waals surface area (Å²) in [5, 5.41) is 0. The van der Waals surface area contributed by atoms with Crippen LogP contribution in [0.4, 0.5) is 8.78 Å². The second-order valence-corrected chi connectivity index (χ2v) is 10.1. The molecule has 5 nitrogen and oxygen atoms in total. The maximum Gasteiger partial charge on any atom is 0.243 e. The normalized spacial score (nSPS) is 16.5. The van der Waals surface area contributed by atoms with Crippen LogP contribution in [-0.4, -0.2) is 31.1 Å². The van der Waals surface area contributed by atoms with E-state index < -0.39 is 21.9 Å². The number of sulfonamides is 1. The van der Waals surface area contributed by atoms with Gasteiger partial charge in [0.2, 0.25) is 10.0 Å². The van der Waals surface area contributed by atoms with Crippen molar-refractivity contribution >= 4 is 15.8 Å². The fourth-order valence-electron chi connectivity index (χ4n) is 4.09. The van der Waals surface area contributed by atoms with Gasteiger partial charge < -0.3 is 4.74 Å². The fraction of sp³-hybridized carbons (Fsp3) is 0.269. The minimum atomic E-state index is -3.88. The number of rotatable bonds is 9. The van der Waals surface area contributed by atoms with Gasteiger partial charge in [-0.05, 0) is 67.3 Å². The average molecular weight is 486 g/mol. The first kappa shape index (κ1) is 24.0. The molecule has 4 rings (SSSR count). The van der Waals surface area contributed by atoms with Gasteiger partial charge in [-0.15, -0.1) is 0 Å². The molecule has 3 aromatic rings. The molecule has 0 radical (unpaired) electrons. The summed E-state index contributed by atoms with van der Waals surface area (Å²) in [6.07, 6.45) is 1.66. The van der Waals surface area contributed by atoms with Gasteiger partial charge in [-0.1, -0.05) is 30.3 Å². The van der Waals surface area contributed by atoms with Gasteiger partial charge in [-0.25, -0.2) is 17.2 Å². The summed E-state index contributed by atoms with van der Waals surface area (Å²) in [6, 6.07) is 17.5. The van der Waals surface area contributed by atoms with Gasteiger partial charge >= 0.3 is 0 Å². The number of benzene rings is 3. The summed E-state index contributed by atoms with van der Waals surface area (Å²) >= 11 is 0. The lowest BCUT2D eigenvalue weighted by Crippen LogP contribution is -2.40. The number of hydrogen-bond acceptors (Lipinski definition) is 4. The van der Waals surface area contributed by atoms with Gasteiger partial charge in [0, 0.05) is 18.5 Å². The summed E-state index contributed by atoms with van der Waals surface area (Å²) in [6.45, 7) is 0.350. The molecule has 1 atom stereocenters. The molecule has 0 aromatic heterocycles. The predicted molar refractivity (Wildman–Crippen MR) is 124 cm³/mol. The lowest BCUT2D eigenvalue weighted by atomic mass is 10.0. The number of carbonyl (C=O) groups is 1. The third-order valence-electron chi connectivity index (χ3n) is 5.91. The minimum absolute atomic E-state index is 0.0201. The van der Waals surface area contributed by atoms with Crippen molar-refractivity contribution in [1.29, 1.82) is 0 Å². The Bertz CT molecular complexity index is 1260. The van der Waals surface area contributed by atoms with E-state index in [9.17, 15) is 22.0 Å². The molecule has 0 unspecified atom stereocenters. The Morgan fingerprint density at radius 1 is 1.00 bits per heavy atom. The van der Waals surface area contributed by atoms with Crippen molar-refractivity contribution in [2.24, 2.45) is 0 Å². The lowest BCUT2D eigenvalue weighted by Gasteiger charge is -2.23. The van der Waals surface area contributed by atoms with Crippen LogP contribution >= 0.6 is 0 Å². The molecule has 1 aliphatic heterocycles. The predicted octanol–water partition coefficient (Wildman–Crippen LogP) is 4.90. The maximum absolute atomic E-state index is 13.8. The Morgan fingerprint density at radius 2 is 1.76 bits per heavy atom. The van der Waals surface area contributed by atoms with E-state index in [1.807, 2.05) is 6.07 Å². The van der Waals surface area contributed by atoms with Gasteiger partial charge in [0.1, 0.15) is 24.0 Å². The molecule has 0 spiro atoms. The Hall–Kier alpha value is -3.10. The Balaban J connectivity index is 1.38.